The highest BCUT2D eigenvalue weighted by atomic mass is 127. The van der Waals surface area contributed by atoms with Crippen LogP contribution in [0.3, 0.4) is 0 Å². The van der Waals surface area contributed by atoms with Gasteiger partial charge in [0.05, 0.1) is 6.26 Å². The van der Waals surface area contributed by atoms with Crippen molar-refractivity contribution in [3.05, 3.63) is 28.2 Å². The van der Waals surface area contributed by atoms with E-state index in [1.54, 1.807) is 6.26 Å². The Kier molecular flexibility index (Phi) is 2.14. The molecule has 1 aromatic rings. The summed E-state index contributed by atoms with van der Waals surface area (Å²) in [5.41, 5.74) is 0. The molecule has 0 aliphatic carbocycles. The van der Waals surface area contributed by atoms with Crippen LogP contribution in [0, 0.1) is 0 Å². The molecule has 0 unspecified atom stereocenters. The van der Waals surface area contributed by atoms with Crippen molar-refractivity contribution in [3.8, 4) is 0 Å². The molecule has 2 heteroatoms. The maximum absolute atomic E-state index is 4.98. The van der Waals surface area contributed by atoms with Crippen molar-refractivity contribution in [1.82, 2.24) is 0 Å². The number of halogens is 1. The third-order valence-corrected chi connectivity index (χ3v) is 1.13. The number of hydrogen-bond donors (Lipinski definition) is 0. The van der Waals surface area contributed by atoms with Crippen molar-refractivity contribution < 1.29 is 4.42 Å². The average Bonchev–Trinajstić information content (AvgIpc) is 2.19. The summed E-state index contributed by atoms with van der Waals surface area (Å²) in [6, 6.07) is 3.78. The Hall–Kier alpha value is -0.250. The molecule has 0 aromatic carbocycles. The molecule has 0 atom stereocenters. The zero-order valence-corrected chi connectivity index (χ0v) is 6.33. The molecule has 0 saturated heterocycles. The Balaban J connectivity index is 2.77. The summed E-state index contributed by atoms with van der Waals surface area (Å²) < 4.78 is 6.90. The second-order valence-corrected chi connectivity index (χ2v) is 2.03. The summed E-state index contributed by atoms with van der Waals surface area (Å²) in [6.45, 7) is 0. The van der Waals surface area contributed by atoms with E-state index in [-0.39, 0.29) is 0 Å². The minimum absolute atomic E-state index is 0.902. The van der Waals surface area contributed by atoms with Gasteiger partial charge in [0, 0.05) is 0 Å². The highest BCUT2D eigenvalue weighted by molar-refractivity contribution is 14.1. The van der Waals surface area contributed by atoms with Gasteiger partial charge in [-0.3, -0.25) is 0 Å². The molecule has 0 N–H and O–H groups in total. The zero-order chi connectivity index (χ0) is 5.82. The summed E-state index contributed by atoms with van der Waals surface area (Å²) in [5, 5.41) is 0. The summed E-state index contributed by atoms with van der Waals surface area (Å²) in [7, 11) is 0. The van der Waals surface area contributed by atoms with E-state index in [1.807, 2.05) is 22.3 Å². The van der Waals surface area contributed by atoms with Crippen molar-refractivity contribution in [3.63, 3.8) is 0 Å². The Bertz CT molecular complexity index is 165. The largest absolute Gasteiger partial charge is 0.465 e. The molecule has 1 heterocycles. The lowest BCUT2D eigenvalue weighted by molar-refractivity contribution is 0.557. The van der Waals surface area contributed by atoms with Crippen LogP contribution in [-0.2, 0) is 0 Å². The normalized spacial score (nSPS) is 10.6. The predicted molar refractivity (Wildman–Crippen MR) is 41.8 cm³/mol. The van der Waals surface area contributed by atoms with Crippen molar-refractivity contribution in [2.24, 2.45) is 0 Å². The third-order valence-electron chi connectivity index (χ3n) is 0.770. The zero-order valence-electron chi connectivity index (χ0n) is 4.17. The van der Waals surface area contributed by atoms with Crippen LogP contribution in [0.25, 0.3) is 6.08 Å². The minimum Gasteiger partial charge on any atom is -0.465 e. The van der Waals surface area contributed by atoms with E-state index in [9.17, 15) is 0 Å². The van der Waals surface area contributed by atoms with Crippen LogP contribution in [0.15, 0.2) is 26.9 Å². The molecule has 1 aromatic heterocycles. The van der Waals surface area contributed by atoms with Gasteiger partial charge in [0.1, 0.15) is 5.76 Å². The Morgan fingerprint density at radius 1 is 1.62 bits per heavy atom. The summed E-state index contributed by atoms with van der Waals surface area (Å²) in [6.07, 6.45) is 3.56. The van der Waals surface area contributed by atoms with Gasteiger partial charge in [-0.15, -0.1) is 0 Å². The summed E-state index contributed by atoms with van der Waals surface area (Å²) in [4.78, 5) is 0. The van der Waals surface area contributed by atoms with Crippen LogP contribution >= 0.6 is 22.6 Å². The van der Waals surface area contributed by atoms with Gasteiger partial charge in [-0.1, -0.05) is 22.6 Å². The Morgan fingerprint density at radius 3 is 3.00 bits per heavy atom. The van der Waals surface area contributed by atoms with E-state index in [4.69, 9.17) is 4.42 Å². The van der Waals surface area contributed by atoms with E-state index in [0.717, 1.165) is 5.76 Å². The van der Waals surface area contributed by atoms with Gasteiger partial charge in [0.2, 0.25) is 0 Å². The first kappa shape index (κ1) is 5.88. The molecule has 8 heavy (non-hydrogen) atoms. The lowest BCUT2D eigenvalue weighted by Gasteiger charge is -1.75. The molecule has 0 aliphatic rings. The lowest BCUT2D eigenvalue weighted by atomic mass is 10.5. The first-order valence-corrected chi connectivity index (χ1v) is 3.48. The van der Waals surface area contributed by atoms with Crippen LogP contribution in [0.1, 0.15) is 5.76 Å². The lowest BCUT2D eigenvalue weighted by Crippen LogP contribution is -1.52. The molecule has 1 rings (SSSR count). The molecule has 0 spiro atoms. The molecular formula is C6H5IO. The van der Waals surface area contributed by atoms with Gasteiger partial charge in [-0.2, -0.15) is 0 Å². The summed E-state index contributed by atoms with van der Waals surface area (Å²) >= 11 is 2.15. The van der Waals surface area contributed by atoms with Crippen molar-refractivity contribution in [2.75, 3.05) is 0 Å². The molecule has 42 valence electrons. The quantitative estimate of drug-likeness (QED) is 0.663. The fourth-order valence-electron chi connectivity index (χ4n) is 0.448. The standard InChI is InChI=1S/C6H5IO/c7-4-3-6-2-1-5-8-6/h1-5H. The van der Waals surface area contributed by atoms with Gasteiger partial charge in [0.15, 0.2) is 0 Å². The smallest absolute Gasteiger partial charge is 0.127 e. The molecule has 0 fully saturated rings. The topological polar surface area (TPSA) is 13.1 Å². The van der Waals surface area contributed by atoms with Gasteiger partial charge in [-0.25, -0.2) is 0 Å². The minimum atomic E-state index is 0.902. The molecule has 1 nitrogen and oxygen atoms in total. The molecular weight excluding hydrogens is 215 g/mol. The number of furan rings is 1. The van der Waals surface area contributed by atoms with Crippen molar-refractivity contribution in [2.45, 2.75) is 0 Å². The number of hydrogen-bond acceptors (Lipinski definition) is 1. The van der Waals surface area contributed by atoms with Crippen molar-refractivity contribution >= 4 is 28.7 Å². The Labute approximate surface area is 61.5 Å². The maximum atomic E-state index is 4.98. The first-order chi connectivity index (χ1) is 3.93. The highest BCUT2D eigenvalue weighted by Gasteiger charge is 1.82. The predicted octanol–water partition coefficient (Wildman–Crippen LogP) is 2.69. The van der Waals surface area contributed by atoms with Crippen LogP contribution < -0.4 is 0 Å². The van der Waals surface area contributed by atoms with Crippen LogP contribution in [0.5, 0.6) is 0 Å². The molecule has 0 amide bonds. The second-order valence-electron chi connectivity index (χ2n) is 1.31. The van der Waals surface area contributed by atoms with Gasteiger partial charge in [-0.05, 0) is 22.3 Å². The molecule has 0 bridgehead atoms. The van der Waals surface area contributed by atoms with Crippen LogP contribution in [0.2, 0.25) is 0 Å². The second kappa shape index (κ2) is 2.91. The molecule has 0 radical (unpaired) electrons. The summed E-state index contributed by atoms with van der Waals surface area (Å²) in [5.74, 6) is 0.902. The molecule has 0 aliphatic heterocycles. The third kappa shape index (κ3) is 1.36. The van der Waals surface area contributed by atoms with Crippen LogP contribution in [0.4, 0.5) is 0 Å². The van der Waals surface area contributed by atoms with Crippen LogP contribution in [-0.4, -0.2) is 0 Å². The first-order valence-electron chi connectivity index (χ1n) is 2.24. The van der Waals surface area contributed by atoms with E-state index in [0.29, 0.717) is 0 Å². The Morgan fingerprint density at radius 2 is 2.50 bits per heavy atom. The van der Waals surface area contributed by atoms with E-state index < -0.39 is 0 Å². The van der Waals surface area contributed by atoms with Gasteiger partial charge >= 0.3 is 0 Å². The van der Waals surface area contributed by atoms with E-state index >= 15 is 0 Å². The average molecular weight is 220 g/mol. The molecule has 0 saturated carbocycles. The van der Waals surface area contributed by atoms with Gasteiger partial charge < -0.3 is 4.42 Å². The van der Waals surface area contributed by atoms with E-state index in [2.05, 4.69) is 22.6 Å². The highest BCUT2D eigenvalue weighted by Crippen LogP contribution is 2.03. The monoisotopic (exact) mass is 220 g/mol. The fraction of sp³-hybridized carbons (Fsp3) is 0. The fourth-order valence-corrected chi connectivity index (χ4v) is 0.803. The van der Waals surface area contributed by atoms with Crippen molar-refractivity contribution in [1.29, 1.82) is 0 Å². The maximum Gasteiger partial charge on any atom is 0.127 e. The SMILES string of the molecule is IC=Cc1ccco1. The number of rotatable bonds is 1. The van der Waals surface area contributed by atoms with Gasteiger partial charge in [0.25, 0.3) is 0 Å². The van der Waals surface area contributed by atoms with E-state index in [1.165, 1.54) is 0 Å².